The summed E-state index contributed by atoms with van der Waals surface area (Å²) in [4.78, 5) is 0. The van der Waals surface area contributed by atoms with Gasteiger partial charge in [-0.3, -0.25) is 0 Å². The monoisotopic (exact) mass is 625 g/mol. The van der Waals surface area contributed by atoms with Crippen molar-refractivity contribution in [3.63, 3.8) is 0 Å². The molecule has 0 aliphatic rings. The highest BCUT2D eigenvalue weighted by molar-refractivity contribution is 7.27. The highest BCUT2D eigenvalue weighted by atomic mass is 32.1. The lowest BCUT2D eigenvalue weighted by molar-refractivity contribution is 1.19. The Labute approximate surface area is 280 Å². The Kier molecular flexibility index (Phi) is 5.32. The topological polar surface area (TPSA) is 4.93 Å². The van der Waals surface area contributed by atoms with Crippen LogP contribution in [0.5, 0.6) is 0 Å². The fourth-order valence-corrected chi connectivity index (χ4v) is 9.62. The van der Waals surface area contributed by atoms with Crippen molar-refractivity contribution in [2.75, 3.05) is 0 Å². The molecule has 0 fully saturated rings. The molecule has 0 atom stereocenters. The van der Waals surface area contributed by atoms with Crippen molar-refractivity contribution < 1.29 is 0 Å². The number of rotatable bonds is 2. The van der Waals surface area contributed by atoms with E-state index in [0.717, 1.165) is 0 Å². The van der Waals surface area contributed by atoms with Gasteiger partial charge in [-0.1, -0.05) is 140 Å². The average Bonchev–Trinajstić information content (AvgIpc) is 3.71. The van der Waals surface area contributed by atoms with Crippen LogP contribution in [0.15, 0.2) is 164 Å². The van der Waals surface area contributed by atoms with Crippen LogP contribution in [0.25, 0.3) is 102 Å². The highest BCUT2D eigenvalue weighted by Gasteiger charge is 2.24. The molecule has 2 aromatic heterocycles. The van der Waals surface area contributed by atoms with Crippen LogP contribution in [-0.2, 0) is 0 Å². The standard InChI is InChI=1S/C46H27NS/c1-2-14-31-28(12-1)13-11-21-32(31)29-24-26-30(27-25-29)47-39-22-9-7-19-37(39)43-41-35-17-5-3-15-33(35)34-16-4-6-18-36(34)42(41)44-38-20-8-10-23-40(38)48-46(44)45(43)47/h1-27H. The average molecular weight is 626 g/mol. The fourth-order valence-electron chi connectivity index (χ4n) is 8.36. The summed E-state index contributed by atoms with van der Waals surface area (Å²) in [6.07, 6.45) is 0. The van der Waals surface area contributed by atoms with Crippen LogP contribution in [0.3, 0.4) is 0 Å². The summed E-state index contributed by atoms with van der Waals surface area (Å²) < 4.78 is 5.19. The molecular weight excluding hydrogens is 599 g/mol. The van der Waals surface area contributed by atoms with E-state index in [2.05, 4.69) is 168 Å². The Morgan fingerprint density at radius 3 is 1.69 bits per heavy atom. The van der Waals surface area contributed by atoms with Crippen molar-refractivity contribution in [3.8, 4) is 16.8 Å². The van der Waals surface area contributed by atoms with E-state index in [1.54, 1.807) is 0 Å². The Hall–Kier alpha value is -5.96. The first-order valence-corrected chi connectivity index (χ1v) is 17.3. The van der Waals surface area contributed by atoms with E-state index in [0.29, 0.717) is 0 Å². The molecule has 0 bridgehead atoms. The normalized spacial score (nSPS) is 12.2. The van der Waals surface area contributed by atoms with Gasteiger partial charge in [0.2, 0.25) is 0 Å². The lowest BCUT2D eigenvalue weighted by atomic mass is 9.89. The zero-order valence-electron chi connectivity index (χ0n) is 25.9. The largest absolute Gasteiger partial charge is 0.308 e. The van der Waals surface area contributed by atoms with Crippen LogP contribution in [0.1, 0.15) is 0 Å². The van der Waals surface area contributed by atoms with E-state index >= 15 is 0 Å². The predicted molar refractivity (Wildman–Crippen MR) is 209 cm³/mol. The molecule has 11 rings (SSSR count). The van der Waals surface area contributed by atoms with Gasteiger partial charge in [-0.2, -0.15) is 0 Å². The number of hydrogen-bond acceptors (Lipinski definition) is 1. The summed E-state index contributed by atoms with van der Waals surface area (Å²) in [5.41, 5.74) is 6.19. The molecule has 0 radical (unpaired) electrons. The van der Waals surface area contributed by atoms with Crippen LogP contribution in [0, 0.1) is 0 Å². The molecule has 0 N–H and O–H groups in total. The van der Waals surface area contributed by atoms with Crippen LogP contribution in [-0.4, -0.2) is 4.57 Å². The second-order valence-corrected chi connectivity index (χ2v) is 13.8. The molecule has 48 heavy (non-hydrogen) atoms. The number of hydrogen-bond donors (Lipinski definition) is 0. The Morgan fingerprint density at radius 2 is 0.938 bits per heavy atom. The number of benzene rings is 9. The third-order valence-corrected chi connectivity index (χ3v) is 11.5. The minimum atomic E-state index is 1.17. The smallest absolute Gasteiger partial charge is 0.0726 e. The van der Waals surface area contributed by atoms with Crippen molar-refractivity contribution >= 4 is 96.4 Å². The van der Waals surface area contributed by atoms with E-state index < -0.39 is 0 Å². The third kappa shape index (κ3) is 3.45. The molecule has 0 unspecified atom stereocenters. The molecule has 0 amide bonds. The maximum atomic E-state index is 2.53. The molecule has 0 saturated heterocycles. The van der Waals surface area contributed by atoms with Gasteiger partial charge >= 0.3 is 0 Å². The van der Waals surface area contributed by atoms with E-state index in [1.165, 1.54) is 102 Å². The molecule has 2 heterocycles. The van der Waals surface area contributed by atoms with Gasteiger partial charge in [0.25, 0.3) is 0 Å². The number of para-hydroxylation sites is 1. The highest BCUT2D eigenvalue weighted by Crippen LogP contribution is 2.51. The zero-order chi connectivity index (χ0) is 31.3. The third-order valence-electron chi connectivity index (χ3n) is 10.3. The van der Waals surface area contributed by atoms with Crippen LogP contribution in [0.4, 0.5) is 0 Å². The van der Waals surface area contributed by atoms with Gasteiger partial charge in [0.15, 0.2) is 0 Å². The van der Waals surface area contributed by atoms with Crippen LogP contribution < -0.4 is 0 Å². The number of aromatic nitrogens is 1. The number of thiophene rings is 1. The second kappa shape index (κ2) is 9.78. The number of fused-ring (bicyclic) bond motifs is 16. The molecule has 0 aliphatic carbocycles. The van der Waals surface area contributed by atoms with Crippen molar-refractivity contribution in [1.29, 1.82) is 0 Å². The fraction of sp³-hybridized carbons (Fsp3) is 0. The van der Waals surface area contributed by atoms with Gasteiger partial charge in [0, 0.05) is 42.7 Å². The molecular formula is C46H27NS. The SMILES string of the molecule is c1ccc2c(-c3ccc(-n4c5ccccc5c5c6c7ccccc7c7ccccc7c6c6c7ccccc7sc6c54)cc3)cccc2c1. The molecule has 222 valence electrons. The summed E-state index contributed by atoms with van der Waals surface area (Å²) in [6.45, 7) is 0. The van der Waals surface area contributed by atoms with Gasteiger partial charge < -0.3 is 4.57 Å². The van der Waals surface area contributed by atoms with Gasteiger partial charge in [-0.25, -0.2) is 0 Å². The summed E-state index contributed by atoms with van der Waals surface area (Å²) in [5.74, 6) is 0. The predicted octanol–water partition coefficient (Wildman–Crippen LogP) is 13.4. The first-order chi connectivity index (χ1) is 23.8. The molecule has 11 aromatic rings. The maximum absolute atomic E-state index is 2.53. The minimum absolute atomic E-state index is 1.17. The van der Waals surface area contributed by atoms with Crippen molar-refractivity contribution in [2.45, 2.75) is 0 Å². The molecule has 0 aliphatic heterocycles. The lowest BCUT2D eigenvalue weighted by Crippen LogP contribution is -1.94. The summed E-state index contributed by atoms with van der Waals surface area (Å²) >= 11 is 1.92. The molecule has 0 spiro atoms. The summed E-state index contributed by atoms with van der Waals surface area (Å²) in [6, 6.07) is 60.4. The Balaban J connectivity index is 1.34. The molecule has 1 nitrogen and oxygen atoms in total. The maximum Gasteiger partial charge on any atom is 0.0726 e. The van der Waals surface area contributed by atoms with E-state index in [1.807, 2.05) is 11.3 Å². The van der Waals surface area contributed by atoms with Crippen LogP contribution in [0.2, 0.25) is 0 Å². The molecule has 0 saturated carbocycles. The van der Waals surface area contributed by atoms with Gasteiger partial charge in [0.1, 0.15) is 0 Å². The van der Waals surface area contributed by atoms with Gasteiger partial charge in [-0.15, -0.1) is 11.3 Å². The van der Waals surface area contributed by atoms with Crippen LogP contribution >= 0.6 is 11.3 Å². The van der Waals surface area contributed by atoms with Crippen molar-refractivity contribution in [3.05, 3.63) is 164 Å². The first kappa shape index (κ1) is 26.1. The quantitative estimate of drug-likeness (QED) is 0.168. The van der Waals surface area contributed by atoms with E-state index in [-0.39, 0.29) is 0 Å². The van der Waals surface area contributed by atoms with Gasteiger partial charge in [-0.05, 0) is 67.7 Å². The lowest BCUT2D eigenvalue weighted by Gasteiger charge is -2.15. The van der Waals surface area contributed by atoms with Gasteiger partial charge in [0.05, 0.1) is 15.7 Å². The summed E-state index contributed by atoms with van der Waals surface area (Å²) in [7, 11) is 0. The minimum Gasteiger partial charge on any atom is -0.308 e. The summed E-state index contributed by atoms with van der Waals surface area (Å²) in [5, 5.41) is 15.8. The van der Waals surface area contributed by atoms with Crippen molar-refractivity contribution in [2.24, 2.45) is 0 Å². The Bertz CT molecular complexity index is 3100. The number of nitrogens with zero attached hydrogens (tertiary/aromatic N) is 1. The van der Waals surface area contributed by atoms with E-state index in [4.69, 9.17) is 0 Å². The molecule has 9 aromatic carbocycles. The second-order valence-electron chi connectivity index (χ2n) is 12.8. The zero-order valence-corrected chi connectivity index (χ0v) is 26.8. The van der Waals surface area contributed by atoms with E-state index in [9.17, 15) is 0 Å². The Morgan fingerprint density at radius 1 is 0.375 bits per heavy atom. The molecule has 2 heteroatoms. The first-order valence-electron chi connectivity index (χ1n) is 16.5. The van der Waals surface area contributed by atoms with Crippen molar-refractivity contribution in [1.82, 2.24) is 4.57 Å².